The highest BCUT2D eigenvalue weighted by Gasteiger charge is 2.15. The van der Waals surface area contributed by atoms with E-state index in [-0.39, 0.29) is 12.5 Å². The van der Waals surface area contributed by atoms with Crippen LogP contribution in [0.4, 0.5) is 9.52 Å². The number of nitrogens with one attached hydrogen (secondary N) is 1. The van der Waals surface area contributed by atoms with Crippen molar-refractivity contribution in [3.63, 3.8) is 0 Å². The number of aromatic nitrogens is 1. The molecule has 29 heavy (non-hydrogen) atoms. The third kappa shape index (κ3) is 5.30. The minimum Gasteiger partial charge on any atom is -0.489 e. The van der Waals surface area contributed by atoms with E-state index in [4.69, 9.17) is 22.1 Å². The molecule has 3 rings (SSSR count). The first-order valence-corrected chi connectivity index (χ1v) is 9.91. The fraction of sp³-hybridized carbons (Fsp3) is 0.150. The van der Waals surface area contributed by atoms with Gasteiger partial charge in [-0.15, -0.1) is 0 Å². The zero-order chi connectivity index (χ0) is 20.8. The number of amides is 1. The van der Waals surface area contributed by atoms with Crippen LogP contribution in [-0.4, -0.2) is 17.1 Å². The molecule has 0 aliphatic carbocycles. The number of aryl methyl sites for hydroxylation is 1. The zero-order valence-corrected chi connectivity index (χ0v) is 17.1. The van der Waals surface area contributed by atoms with Gasteiger partial charge in [0.2, 0.25) is 0 Å². The van der Waals surface area contributed by atoms with Crippen molar-refractivity contribution in [2.24, 2.45) is 5.10 Å². The van der Waals surface area contributed by atoms with Gasteiger partial charge in [0, 0.05) is 5.56 Å². The molecule has 0 radical (unpaired) electrons. The summed E-state index contributed by atoms with van der Waals surface area (Å²) in [5.74, 6) is -0.210. The summed E-state index contributed by atoms with van der Waals surface area (Å²) in [7, 11) is 0. The summed E-state index contributed by atoms with van der Waals surface area (Å²) >= 11 is 7.12. The van der Waals surface area contributed by atoms with Gasteiger partial charge in [-0.3, -0.25) is 4.79 Å². The Kier molecular flexibility index (Phi) is 6.79. The van der Waals surface area contributed by atoms with Gasteiger partial charge in [-0.2, -0.15) is 5.10 Å². The first-order valence-electron chi connectivity index (χ1n) is 8.72. The molecule has 1 aromatic heterocycles. The number of halogens is 2. The fourth-order valence-electron chi connectivity index (χ4n) is 2.48. The largest absolute Gasteiger partial charge is 0.489 e. The summed E-state index contributed by atoms with van der Waals surface area (Å²) in [6.45, 7) is 1.92. The molecule has 2 aromatic carbocycles. The standard InChI is InChI=1S/C20H18ClFN4O2S/c1-2-17-18(29-20(23)25-17)19(27)26-24-10-12-6-8-13(9-7-12)28-11-14-15(21)4-3-5-16(14)22/h3-10H,2,11H2,1H3,(H2,23,25)(H,26,27)/b24-10+. The van der Waals surface area contributed by atoms with Gasteiger partial charge in [0.05, 0.1) is 16.9 Å². The van der Waals surface area contributed by atoms with Crippen LogP contribution in [0.5, 0.6) is 5.75 Å². The molecule has 6 nitrogen and oxygen atoms in total. The van der Waals surface area contributed by atoms with Crippen molar-refractivity contribution in [2.45, 2.75) is 20.0 Å². The number of hydrogen-bond donors (Lipinski definition) is 2. The molecule has 3 N–H and O–H groups in total. The molecule has 3 aromatic rings. The Balaban J connectivity index is 1.57. The van der Waals surface area contributed by atoms with Crippen molar-refractivity contribution in [2.75, 3.05) is 5.73 Å². The van der Waals surface area contributed by atoms with Crippen LogP contribution in [0.2, 0.25) is 5.02 Å². The maximum Gasteiger partial charge on any atom is 0.283 e. The molecule has 0 fully saturated rings. The normalized spacial score (nSPS) is 11.0. The lowest BCUT2D eigenvalue weighted by atomic mass is 10.2. The van der Waals surface area contributed by atoms with Crippen molar-refractivity contribution >= 4 is 40.2 Å². The summed E-state index contributed by atoms with van der Waals surface area (Å²) in [6, 6.07) is 11.4. The molecule has 0 saturated carbocycles. The fourth-order valence-corrected chi connectivity index (χ4v) is 3.51. The van der Waals surface area contributed by atoms with E-state index >= 15 is 0 Å². The molecule has 0 aliphatic rings. The minimum absolute atomic E-state index is 0.0206. The number of carbonyl (C=O) groups is 1. The molecule has 1 heterocycles. The second kappa shape index (κ2) is 9.49. The van der Waals surface area contributed by atoms with E-state index in [9.17, 15) is 9.18 Å². The highest BCUT2D eigenvalue weighted by atomic mass is 35.5. The van der Waals surface area contributed by atoms with Gasteiger partial charge >= 0.3 is 0 Å². The first-order chi connectivity index (χ1) is 14.0. The Morgan fingerprint density at radius 3 is 2.79 bits per heavy atom. The number of carbonyl (C=O) groups excluding carboxylic acids is 1. The molecule has 0 aliphatic heterocycles. The molecule has 9 heteroatoms. The van der Waals surface area contributed by atoms with Crippen molar-refractivity contribution in [3.05, 3.63) is 75.0 Å². The zero-order valence-electron chi connectivity index (χ0n) is 15.5. The number of nitrogens with zero attached hydrogens (tertiary/aromatic N) is 2. The summed E-state index contributed by atoms with van der Waals surface area (Å²) in [4.78, 5) is 16.8. The van der Waals surface area contributed by atoms with Crippen LogP contribution in [0.3, 0.4) is 0 Å². The van der Waals surface area contributed by atoms with Gasteiger partial charge in [-0.1, -0.05) is 35.9 Å². The van der Waals surface area contributed by atoms with Crippen molar-refractivity contribution in [3.8, 4) is 5.75 Å². The average molecular weight is 433 g/mol. The van der Waals surface area contributed by atoms with Crippen LogP contribution in [0.25, 0.3) is 0 Å². The summed E-state index contributed by atoms with van der Waals surface area (Å²) in [6.07, 6.45) is 2.12. The Morgan fingerprint density at radius 2 is 2.10 bits per heavy atom. The van der Waals surface area contributed by atoms with E-state index in [1.165, 1.54) is 12.3 Å². The van der Waals surface area contributed by atoms with Gasteiger partial charge in [-0.25, -0.2) is 14.8 Å². The molecular formula is C20H18ClFN4O2S. The topological polar surface area (TPSA) is 89.6 Å². The molecule has 0 spiro atoms. The number of hydrazone groups is 1. The Labute approximate surface area is 176 Å². The number of thiazole rings is 1. The number of benzene rings is 2. The predicted molar refractivity (Wildman–Crippen MR) is 113 cm³/mol. The third-order valence-corrected chi connectivity index (χ3v) is 5.24. The monoisotopic (exact) mass is 432 g/mol. The van der Waals surface area contributed by atoms with Gasteiger partial charge < -0.3 is 10.5 Å². The van der Waals surface area contributed by atoms with Crippen molar-refractivity contribution in [1.29, 1.82) is 0 Å². The van der Waals surface area contributed by atoms with Crippen LogP contribution >= 0.6 is 22.9 Å². The third-order valence-electron chi connectivity index (χ3n) is 3.96. The lowest BCUT2D eigenvalue weighted by Crippen LogP contribution is -2.17. The second-order valence-electron chi connectivity index (χ2n) is 5.94. The maximum atomic E-state index is 13.8. The first kappa shape index (κ1) is 20.8. The smallest absolute Gasteiger partial charge is 0.283 e. The number of ether oxygens (including phenoxy) is 1. The van der Waals surface area contributed by atoms with Gasteiger partial charge in [0.1, 0.15) is 23.1 Å². The van der Waals surface area contributed by atoms with Crippen LogP contribution in [-0.2, 0) is 13.0 Å². The van der Waals surface area contributed by atoms with Crippen LogP contribution in [0.15, 0.2) is 47.6 Å². The van der Waals surface area contributed by atoms with Crippen molar-refractivity contribution in [1.82, 2.24) is 10.4 Å². The number of nitrogens with two attached hydrogens (primary N) is 1. The van der Waals surface area contributed by atoms with E-state index in [0.29, 0.717) is 38.5 Å². The predicted octanol–water partition coefficient (Wildman–Crippen LogP) is 4.42. The molecular weight excluding hydrogens is 415 g/mol. The number of nitrogen functional groups attached to an aromatic ring is 1. The van der Waals surface area contributed by atoms with E-state index in [0.717, 1.165) is 16.9 Å². The van der Waals surface area contributed by atoms with E-state index in [2.05, 4.69) is 15.5 Å². The number of hydrogen-bond acceptors (Lipinski definition) is 6. The van der Waals surface area contributed by atoms with E-state index < -0.39 is 5.82 Å². The highest BCUT2D eigenvalue weighted by Crippen LogP contribution is 2.22. The van der Waals surface area contributed by atoms with E-state index in [1.807, 2.05) is 6.92 Å². The summed E-state index contributed by atoms with van der Waals surface area (Å²) in [5.41, 5.74) is 9.83. The van der Waals surface area contributed by atoms with Crippen LogP contribution in [0, 0.1) is 5.82 Å². The number of anilines is 1. The molecule has 0 bridgehead atoms. The quantitative estimate of drug-likeness (QED) is 0.427. The van der Waals surface area contributed by atoms with Crippen molar-refractivity contribution < 1.29 is 13.9 Å². The van der Waals surface area contributed by atoms with Gasteiger partial charge in [0.15, 0.2) is 5.13 Å². The van der Waals surface area contributed by atoms with Gasteiger partial charge in [-0.05, 0) is 48.4 Å². The summed E-state index contributed by atoms with van der Waals surface area (Å²) in [5, 5.41) is 4.62. The highest BCUT2D eigenvalue weighted by molar-refractivity contribution is 7.17. The minimum atomic E-state index is -0.411. The second-order valence-corrected chi connectivity index (χ2v) is 7.38. The van der Waals surface area contributed by atoms with Gasteiger partial charge in [0.25, 0.3) is 5.91 Å². The average Bonchev–Trinajstić information content (AvgIpc) is 3.09. The lowest BCUT2D eigenvalue weighted by Gasteiger charge is -2.08. The lowest BCUT2D eigenvalue weighted by molar-refractivity contribution is 0.0958. The Hall–Kier alpha value is -2.97. The molecule has 150 valence electrons. The molecule has 0 saturated heterocycles. The van der Waals surface area contributed by atoms with Crippen LogP contribution in [0.1, 0.15) is 33.4 Å². The number of rotatable bonds is 7. The maximum absolute atomic E-state index is 13.8. The Bertz CT molecular complexity index is 1020. The van der Waals surface area contributed by atoms with Crippen LogP contribution < -0.4 is 15.9 Å². The SMILES string of the molecule is CCc1nc(N)sc1C(=O)N/N=C/c1ccc(OCc2c(F)cccc2Cl)cc1. The molecule has 1 amide bonds. The summed E-state index contributed by atoms with van der Waals surface area (Å²) < 4.78 is 19.3. The Morgan fingerprint density at radius 1 is 1.34 bits per heavy atom. The molecule has 0 atom stereocenters. The molecule has 0 unspecified atom stereocenters. The van der Waals surface area contributed by atoms with E-state index in [1.54, 1.807) is 36.4 Å².